The van der Waals surface area contributed by atoms with Crippen LogP contribution in [-0.2, 0) is 6.18 Å². The molecule has 0 bridgehead atoms. The molecule has 0 aromatic heterocycles. The van der Waals surface area contributed by atoms with Crippen LogP contribution in [0.25, 0.3) is 0 Å². The van der Waals surface area contributed by atoms with Gasteiger partial charge < -0.3 is 4.74 Å². The van der Waals surface area contributed by atoms with Gasteiger partial charge in [-0.1, -0.05) is 27.8 Å². The van der Waals surface area contributed by atoms with Crippen molar-refractivity contribution in [2.45, 2.75) is 6.18 Å². The highest BCUT2D eigenvalue weighted by Crippen LogP contribution is 2.29. The van der Waals surface area contributed by atoms with Crippen molar-refractivity contribution in [3.8, 4) is 17.6 Å². The predicted octanol–water partition coefficient (Wildman–Crippen LogP) is 4.71. The molecule has 2 aromatic rings. The van der Waals surface area contributed by atoms with Gasteiger partial charge in [-0.15, -0.1) is 0 Å². The summed E-state index contributed by atoms with van der Waals surface area (Å²) in [6, 6.07) is 9.53. The van der Waals surface area contributed by atoms with Crippen molar-refractivity contribution >= 4 is 22.2 Å². The summed E-state index contributed by atoms with van der Waals surface area (Å²) in [5.41, 5.74) is 0.119. The fourth-order valence-corrected chi connectivity index (χ4v) is 2.12. The summed E-state index contributed by atoms with van der Waals surface area (Å²) >= 11 is 3.25. The lowest BCUT2D eigenvalue weighted by atomic mass is 10.1. The van der Waals surface area contributed by atoms with Gasteiger partial charge in [0, 0.05) is 10.0 Å². The lowest BCUT2D eigenvalue weighted by molar-refractivity contribution is -0.137. The van der Waals surface area contributed by atoms with Crippen molar-refractivity contribution in [3.05, 3.63) is 63.6 Å². The SMILES string of the molecule is O=Cc1cc(Br)ccc1OCC#Cc1ccc(C(F)(F)F)cc1. The number of carbonyl (C=O) groups is 1. The summed E-state index contributed by atoms with van der Waals surface area (Å²) in [5, 5.41) is 0. The molecule has 0 atom stereocenters. The van der Waals surface area contributed by atoms with Gasteiger partial charge in [0.15, 0.2) is 6.29 Å². The molecule has 23 heavy (non-hydrogen) atoms. The molecule has 2 aromatic carbocycles. The van der Waals surface area contributed by atoms with E-state index in [1.54, 1.807) is 18.2 Å². The Morgan fingerprint density at radius 3 is 2.43 bits per heavy atom. The van der Waals surface area contributed by atoms with Crippen molar-refractivity contribution < 1.29 is 22.7 Å². The average Bonchev–Trinajstić information content (AvgIpc) is 2.52. The number of hydrogen-bond donors (Lipinski definition) is 0. The molecule has 0 aliphatic rings. The van der Waals surface area contributed by atoms with Crippen LogP contribution in [0.2, 0.25) is 0 Å². The van der Waals surface area contributed by atoms with E-state index in [0.29, 0.717) is 23.2 Å². The number of halogens is 4. The normalized spacial score (nSPS) is 10.6. The molecule has 0 fully saturated rings. The Hall–Kier alpha value is -2.26. The molecule has 118 valence electrons. The Bertz CT molecular complexity index is 756. The van der Waals surface area contributed by atoms with E-state index in [1.165, 1.54) is 12.1 Å². The van der Waals surface area contributed by atoms with E-state index in [0.717, 1.165) is 16.6 Å². The Kier molecular flexibility index (Phi) is 5.45. The van der Waals surface area contributed by atoms with Gasteiger partial charge >= 0.3 is 6.18 Å². The molecular formula is C17H10BrF3O2. The van der Waals surface area contributed by atoms with Crippen molar-refractivity contribution in [1.82, 2.24) is 0 Å². The monoisotopic (exact) mass is 382 g/mol. The van der Waals surface area contributed by atoms with E-state index in [-0.39, 0.29) is 6.61 Å². The van der Waals surface area contributed by atoms with Gasteiger partial charge in [-0.05, 0) is 42.5 Å². The number of benzene rings is 2. The largest absolute Gasteiger partial charge is 0.480 e. The first-order chi connectivity index (χ1) is 10.9. The van der Waals surface area contributed by atoms with E-state index in [2.05, 4.69) is 27.8 Å². The predicted molar refractivity (Wildman–Crippen MR) is 83.3 cm³/mol. The highest BCUT2D eigenvalue weighted by atomic mass is 79.9. The Balaban J connectivity index is 2.00. The van der Waals surface area contributed by atoms with Crippen LogP contribution in [0.1, 0.15) is 21.5 Å². The fourth-order valence-electron chi connectivity index (χ4n) is 1.74. The van der Waals surface area contributed by atoms with Crippen molar-refractivity contribution in [3.63, 3.8) is 0 Å². The van der Waals surface area contributed by atoms with E-state index >= 15 is 0 Å². The molecule has 2 nitrogen and oxygen atoms in total. The summed E-state index contributed by atoms with van der Waals surface area (Å²) in [6.45, 7) is 0.0174. The maximum atomic E-state index is 12.4. The van der Waals surface area contributed by atoms with Gasteiger partial charge in [0.1, 0.15) is 12.4 Å². The third-order valence-corrected chi connectivity index (χ3v) is 3.34. The second-order valence-corrected chi connectivity index (χ2v) is 5.38. The molecule has 0 radical (unpaired) electrons. The maximum absolute atomic E-state index is 12.4. The van der Waals surface area contributed by atoms with Gasteiger partial charge in [-0.2, -0.15) is 13.2 Å². The summed E-state index contributed by atoms with van der Waals surface area (Å²) in [5.74, 6) is 5.79. The number of alkyl halides is 3. The molecule has 2 rings (SSSR count). The van der Waals surface area contributed by atoms with Crippen molar-refractivity contribution in [1.29, 1.82) is 0 Å². The molecule has 6 heteroatoms. The van der Waals surface area contributed by atoms with Crippen molar-refractivity contribution in [2.75, 3.05) is 6.61 Å². The number of hydrogen-bond acceptors (Lipinski definition) is 2. The van der Waals surface area contributed by atoms with Gasteiger partial charge in [0.2, 0.25) is 0 Å². The van der Waals surface area contributed by atoms with Crippen LogP contribution in [0.4, 0.5) is 13.2 Å². The summed E-state index contributed by atoms with van der Waals surface area (Å²) in [4.78, 5) is 10.9. The van der Waals surface area contributed by atoms with Crippen LogP contribution in [0, 0.1) is 11.8 Å². The number of ether oxygens (including phenoxy) is 1. The zero-order chi connectivity index (χ0) is 16.9. The van der Waals surface area contributed by atoms with Crippen LogP contribution >= 0.6 is 15.9 Å². The standard InChI is InChI=1S/C17H10BrF3O2/c18-15-7-8-16(13(10-15)11-22)23-9-1-2-12-3-5-14(6-4-12)17(19,20)21/h3-8,10-11H,9H2. The Labute approximate surface area is 139 Å². The second kappa shape index (κ2) is 7.34. The summed E-state index contributed by atoms with van der Waals surface area (Å²) in [7, 11) is 0. The maximum Gasteiger partial charge on any atom is 0.416 e. The van der Waals surface area contributed by atoms with Crippen LogP contribution < -0.4 is 4.74 Å². The Morgan fingerprint density at radius 2 is 1.83 bits per heavy atom. The van der Waals surface area contributed by atoms with Crippen LogP contribution in [0.3, 0.4) is 0 Å². The molecule has 0 heterocycles. The van der Waals surface area contributed by atoms with E-state index in [4.69, 9.17) is 4.74 Å². The minimum Gasteiger partial charge on any atom is -0.480 e. The molecule has 0 unspecified atom stereocenters. The number of carbonyl (C=O) groups excluding carboxylic acids is 1. The third-order valence-electron chi connectivity index (χ3n) is 2.84. The smallest absolute Gasteiger partial charge is 0.416 e. The molecule has 0 amide bonds. The summed E-state index contributed by atoms with van der Waals surface area (Å²) < 4.78 is 43.4. The van der Waals surface area contributed by atoms with Gasteiger partial charge in [0.05, 0.1) is 11.1 Å². The zero-order valence-electron chi connectivity index (χ0n) is 11.7. The average molecular weight is 383 g/mol. The molecule has 0 aliphatic heterocycles. The lowest BCUT2D eigenvalue weighted by Crippen LogP contribution is -2.04. The van der Waals surface area contributed by atoms with Gasteiger partial charge in [-0.3, -0.25) is 4.79 Å². The highest BCUT2D eigenvalue weighted by molar-refractivity contribution is 9.10. The minimum absolute atomic E-state index is 0.0174. The van der Waals surface area contributed by atoms with E-state index in [1.807, 2.05) is 0 Å². The number of aldehydes is 1. The molecule has 0 N–H and O–H groups in total. The Morgan fingerprint density at radius 1 is 1.13 bits per heavy atom. The van der Waals surface area contributed by atoms with Gasteiger partial charge in [0.25, 0.3) is 0 Å². The lowest BCUT2D eigenvalue weighted by Gasteiger charge is -2.05. The van der Waals surface area contributed by atoms with Crippen LogP contribution in [-0.4, -0.2) is 12.9 Å². The first-order valence-electron chi connectivity index (χ1n) is 6.44. The molecule has 0 aliphatic carbocycles. The fraction of sp³-hybridized carbons (Fsp3) is 0.118. The van der Waals surface area contributed by atoms with E-state index in [9.17, 15) is 18.0 Å². The first kappa shape index (κ1) is 17.1. The third kappa shape index (κ3) is 4.86. The van der Waals surface area contributed by atoms with Crippen LogP contribution in [0.15, 0.2) is 46.9 Å². The molecule has 0 saturated heterocycles. The van der Waals surface area contributed by atoms with Crippen LogP contribution in [0.5, 0.6) is 5.75 Å². The second-order valence-electron chi connectivity index (χ2n) is 4.47. The molecule has 0 spiro atoms. The van der Waals surface area contributed by atoms with Gasteiger partial charge in [-0.25, -0.2) is 0 Å². The summed E-state index contributed by atoms with van der Waals surface area (Å²) in [6.07, 6.45) is -3.69. The molecular weight excluding hydrogens is 373 g/mol. The van der Waals surface area contributed by atoms with Crippen molar-refractivity contribution in [2.24, 2.45) is 0 Å². The minimum atomic E-state index is -4.36. The zero-order valence-corrected chi connectivity index (χ0v) is 13.2. The first-order valence-corrected chi connectivity index (χ1v) is 7.23. The highest BCUT2D eigenvalue weighted by Gasteiger charge is 2.29. The quantitative estimate of drug-likeness (QED) is 0.567. The van der Waals surface area contributed by atoms with E-state index < -0.39 is 11.7 Å². The number of rotatable bonds is 3. The topological polar surface area (TPSA) is 26.3 Å². The molecule has 0 saturated carbocycles.